The molecule has 2 nitrogen and oxygen atoms in total. The van der Waals surface area contributed by atoms with Gasteiger partial charge in [-0.25, -0.2) is 0 Å². The Hall–Kier alpha value is -5.60. The molecule has 9 rings (SSSR count). The lowest BCUT2D eigenvalue weighted by Crippen LogP contribution is -2.16. The van der Waals surface area contributed by atoms with Gasteiger partial charge in [-0.2, -0.15) is 0 Å². The Morgan fingerprint density at radius 3 is 1.96 bits per heavy atom. The van der Waals surface area contributed by atoms with E-state index in [9.17, 15) is 0 Å². The fourth-order valence-corrected chi connectivity index (χ4v) is 7.52. The van der Waals surface area contributed by atoms with Crippen LogP contribution in [0.2, 0.25) is 0 Å². The molecule has 0 saturated carbocycles. The molecule has 1 aliphatic rings. The number of nitrogens with zero attached hydrogens (tertiary/aromatic N) is 1. The van der Waals surface area contributed by atoms with E-state index in [0.29, 0.717) is 0 Å². The molecule has 0 bridgehead atoms. The van der Waals surface area contributed by atoms with E-state index in [2.05, 4.69) is 164 Å². The van der Waals surface area contributed by atoms with E-state index < -0.39 is 0 Å². The number of fused-ring (bicyclic) bond motifs is 8. The molecule has 0 spiro atoms. The molecule has 1 aromatic heterocycles. The van der Waals surface area contributed by atoms with Crippen LogP contribution in [0.4, 0.5) is 17.1 Å². The fraction of sp³-hybridized carbons (Fsp3) is 0.0698. The summed E-state index contributed by atoms with van der Waals surface area (Å²) in [5.41, 5.74) is 12.9. The van der Waals surface area contributed by atoms with Gasteiger partial charge < -0.3 is 9.32 Å². The third kappa shape index (κ3) is 3.82. The summed E-state index contributed by atoms with van der Waals surface area (Å²) in [6, 6.07) is 54.6. The second-order valence-electron chi connectivity index (χ2n) is 12.5. The van der Waals surface area contributed by atoms with E-state index in [1.807, 2.05) is 6.07 Å². The minimum Gasteiger partial charge on any atom is -0.456 e. The van der Waals surface area contributed by atoms with Crippen molar-refractivity contribution in [3.63, 3.8) is 0 Å². The third-order valence-corrected chi connectivity index (χ3v) is 9.66. The van der Waals surface area contributed by atoms with Gasteiger partial charge in [0, 0.05) is 32.9 Å². The highest BCUT2D eigenvalue weighted by Crippen LogP contribution is 2.54. The van der Waals surface area contributed by atoms with Crippen molar-refractivity contribution in [2.24, 2.45) is 0 Å². The maximum atomic E-state index is 6.31. The zero-order chi connectivity index (χ0) is 30.1. The Morgan fingerprint density at radius 1 is 0.489 bits per heavy atom. The Labute approximate surface area is 262 Å². The van der Waals surface area contributed by atoms with Crippen LogP contribution >= 0.6 is 0 Å². The van der Waals surface area contributed by atoms with E-state index in [-0.39, 0.29) is 5.41 Å². The lowest BCUT2D eigenvalue weighted by molar-refractivity contribution is 0.656. The number of furan rings is 1. The molecule has 1 heterocycles. The third-order valence-electron chi connectivity index (χ3n) is 9.66. The molecule has 0 atom stereocenters. The molecule has 0 N–H and O–H groups in total. The fourth-order valence-electron chi connectivity index (χ4n) is 7.52. The zero-order valence-corrected chi connectivity index (χ0v) is 25.3. The summed E-state index contributed by atoms with van der Waals surface area (Å²) in [5.74, 6) is 0. The number of benzene rings is 7. The van der Waals surface area contributed by atoms with Gasteiger partial charge in [0.1, 0.15) is 11.2 Å². The van der Waals surface area contributed by atoms with Crippen molar-refractivity contribution in [3.05, 3.63) is 163 Å². The first-order chi connectivity index (χ1) is 22.1. The van der Waals surface area contributed by atoms with E-state index in [1.165, 1.54) is 54.9 Å². The van der Waals surface area contributed by atoms with E-state index in [4.69, 9.17) is 4.42 Å². The predicted octanol–water partition coefficient (Wildman–Crippen LogP) is 12.2. The standard InChI is InChI=1S/C43H31NO/c1-43(2)36-24-26-40-42(35-19-11-12-20-39(35)45-40)41(36)34-22-21-30(27-37(34)43)44(29-15-7-4-8-16-29)38-25-23-31(28-13-5-3-6-14-28)32-17-9-10-18-33(32)38/h3-27H,1-2H3. The molecule has 8 aromatic rings. The average molecular weight is 578 g/mol. The average Bonchev–Trinajstić information content (AvgIpc) is 3.58. The van der Waals surface area contributed by atoms with Crippen molar-refractivity contribution >= 4 is 49.8 Å². The van der Waals surface area contributed by atoms with Crippen molar-refractivity contribution in [2.75, 3.05) is 4.90 Å². The van der Waals surface area contributed by atoms with E-state index in [1.54, 1.807) is 0 Å². The minimum atomic E-state index is -0.172. The first-order valence-electron chi connectivity index (χ1n) is 15.6. The number of rotatable bonds is 4. The smallest absolute Gasteiger partial charge is 0.136 e. The van der Waals surface area contributed by atoms with Gasteiger partial charge in [0.05, 0.1) is 5.69 Å². The number of hydrogen-bond donors (Lipinski definition) is 0. The summed E-state index contributed by atoms with van der Waals surface area (Å²) in [7, 11) is 0. The molecule has 7 aromatic carbocycles. The SMILES string of the molecule is CC1(C)c2cc(N(c3ccccc3)c3ccc(-c4ccccc4)c4ccccc34)ccc2-c2c1ccc1oc3ccccc3c21. The van der Waals surface area contributed by atoms with Gasteiger partial charge in [0.2, 0.25) is 0 Å². The van der Waals surface area contributed by atoms with Crippen molar-refractivity contribution in [2.45, 2.75) is 19.3 Å². The second-order valence-corrected chi connectivity index (χ2v) is 12.5. The predicted molar refractivity (Wildman–Crippen MR) is 189 cm³/mol. The van der Waals surface area contributed by atoms with Gasteiger partial charge in [0.25, 0.3) is 0 Å². The molecular weight excluding hydrogens is 546 g/mol. The molecule has 214 valence electrons. The monoisotopic (exact) mass is 577 g/mol. The normalized spacial score (nSPS) is 13.3. The van der Waals surface area contributed by atoms with Crippen molar-refractivity contribution in [1.82, 2.24) is 0 Å². The number of para-hydroxylation sites is 2. The Kier molecular flexibility index (Phi) is 5.58. The zero-order valence-electron chi connectivity index (χ0n) is 25.3. The second kappa shape index (κ2) is 9.70. The van der Waals surface area contributed by atoms with Crippen LogP contribution in [0.15, 0.2) is 156 Å². The molecule has 2 heteroatoms. The quantitative estimate of drug-likeness (QED) is 0.207. The van der Waals surface area contributed by atoms with Crippen molar-refractivity contribution < 1.29 is 4.42 Å². The molecule has 0 amide bonds. The largest absolute Gasteiger partial charge is 0.456 e. The first kappa shape index (κ1) is 25.9. The number of anilines is 3. The highest BCUT2D eigenvalue weighted by atomic mass is 16.3. The summed E-state index contributed by atoms with van der Waals surface area (Å²) in [6.07, 6.45) is 0. The highest BCUT2D eigenvalue weighted by molar-refractivity contribution is 6.15. The summed E-state index contributed by atoms with van der Waals surface area (Å²) in [5, 5.41) is 4.85. The summed E-state index contributed by atoms with van der Waals surface area (Å²) < 4.78 is 6.31. The van der Waals surface area contributed by atoms with Gasteiger partial charge >= 0.3 is 0 Å². The van der Waals surface area contributed by atoms with Crippen LogP contribution in [-0.4, -0.2) is 0 Å². The van der Waals surface area contributed by atoms with Crippen molar-refractivity contribution in [1.29, 1.82) is 0 Å². The lowest BCUT2D eigenvalue weighted by Gasteiger charge is -2.29. The minimum absolute atomic E-state index is 0.172. The molecule has 0 saturated heterocycles. The molecular formula is C43H31NO. The van der Waals surface area contributed by atoms with Crippen LogP contribution in [0.25, 0.3) is 55.0 Å². The summed E-state index contributed by atoms with van der Waals surface area (Å²) in [4.78, 5) is 2.42. The van der Waals surface area contributed by atoms with Crippen LogP contribution in [0.3, 0.4) is 0 Å². The maximum absolute atomic E-state index is 6.31. The topological polar surface area (TPSA) is 16.4 Å². The van der Waals surface area contributed by atoms with Crippen LogP contribution < -0.4 is 4.90 Å². The lowest BCUT2D eigenvalue weighted by atomic mass is 9.82. The van der Waals surface area contributed by atoms with Crippen LogP contribution in [0.5, 0.6) is 0 Å². The number of hydrogen-bond acceptors (Lipinski definition) is 2. The Bertz CT molecular complexity index is 2400. The van der Waals surface area contributed by atoms with Gasteiger partial charge in [-0.3, -0.25) is 0 Å². The summed E-state index contributed by atoms with van der Waals surface area (Å²) in [6.45, 7) is 4.71. The van der Waals surface area contributed by atoms with Crippen LogP contribution in [0, 0.1) is 0 Å². The molecule has 0 aliphatic heterocycles. The van der Waals surface area contributed by atoms with Crippen LogP contribution in [0.1, 0.15) is 25.0 Å². The Morgan fingerprint density at radius 2 is 1.16 bits per heavy atom. The van der Waals surface area contributed by atoms with E-state index in [0.717, 1.165) is 28.2 Å². The highest BCUT2D eigenvalue weighted by Gasteiger charge is 2.38. The van der Waals surface area contributed by atoms with Crippen molar-refractivity contribution in [3.8, 4) is 22.3 Å². The van der Waals surface area contributed by atoms with Gasteiger partial charge in [-0.15, -0.1) is 0 Å². The van der Waals surface area contributed by atoms with Gasteiger partial charge in [0.15, 0.2) is 0 Å². The molecule has 1 aliphatic carbocycles. The molecule has 0 unspecified atom stereocenters. The maximum Gasteiger partial charge on any atom is 0.136 e. The van der Waals surface area contributed by atoms with Crippen LogP contribution in [-0.2, 0) is 5.41 Å². The molecule has 0 fully saturated rings. The van der Waals surface area contributed by atoms with Gasteiger partial charge in [-0.05, 0) is 81.2 Å². The summed E-state index contributed by atoms with van der Waals surface area (Å²) >= 11 is 0. The van der Waals surface area contributed by atoms with E-state index >= 15 is 0 Å². The molecule has 0 radical (unpaired) electrons. The van der Waals surface area contributed by atoms with Gasteiger partial charge in [-0.1, -0.05) is 123 Å². The first-order valence-corrected chi connectivity index (χ1v) is 15.6. The Balaban J connectivity index is 1.28. The molecule has 45 heavy (non-hydrogen) atoms.